The van der Waals surface area contributed by atoms with Gasteiger partial charge in [-0.2, -0.15) is 0 Å². The van der Waals surface area contributed by atoms with Crippen molar-refractivity contribution < 1.29 is 33.4 Å². The number of amides is 3. The van der Waals surface area contributed by atoms with Gasteiger partial charge in [0, 0.05) is 13.1 Å². The van der Waals surface area contributed by atoms with Gasteiger partial charge >= 0.3 is 12.2 Å². The summed E-state index contributed by atoms with van der Waals surface area (Å²) in [5, 5.41) is 11.7. The number of halogens is 1. The maximum Gasteiger partial charge on any atom is 0.414 e. The predicted octanol–water partition coefficient (Wildman–Crippen LogP) is 4.22. The van der Waals surface area contributed by atoms with Crippen LogP contribution in [-0.4, -0.2) is 66.5 Å². The van der Waals surface area contributed by atoms with E-state index in [1.807, 2.05) is 51.1 Å². The zero-order valence-electron chi connectivity index (χ0n) is 22.3. The van der Waals surface area contributed by atoms with Crippen LogP contribution in [0.2, 0.25) is 0 Å². The Morgan fingerprint density at radius 3 is 2.44 bits per heavy atom. The number of nitrogens with zero attached hydrogens (tertiary/aromatic N) is 2. The highest BCUT2D eigenvalue weighted by Crippen LogP contribution is 2.58. The summed E-state index contributed by atoms with van der Waals surface area (Å²) in [6, 6.07) is 13.8. The molecule has 10 heteroatoms. The van der Waals surface area contributed by atoms with E-state index in [9.17, 15) is 19.5 Å². The third-order valence-corrected chi connectivity index (χ3v) is 7.96. The number of likely N-dealkylation sites (tertiary alicyclic amines) is 1. The van der Waals surface area contributed by atoms with E-state index < -0.39 is 35.6 Å². The first-order valence-electron chi connectivity index (χ1n) is 13.2. The summed E-state index contributed by atoms with van der Waals surface area (Å²) in [6.07, 6.45) is -2.55. The number of carbonyl (C=O) groups is 3. The Kier molecular flexibility index (Phi) is 7.24. The van der Waals surface area contributed by atoms with Crippen molar-refractivity contribution in [3.8, 4) is 0 Å². The molecule has 208 valence electrons. The summed E-state index contributed by atoms with van der Waals surface area (Å²) in [7, 11) is 0. The van der Waals surface area contributed by atoms with E-state index >= 15 is 4.39 Å². The SMILES string of the molecule is CC(C)(C)C(NC(=O)O)[C@@H]1CN(c2ccc(C3[C@H]4CN(C(=O)COCc5ccccc5)C[C@@H]34)c(F)c2)C(=O)O1. The average Bonchev–Trinajstić information content (AvgIpc) is 3.18. The Hall–Kier alpha value is -3.66. The molecule has 2 aliphatic heterocycles. The molecule has 0 aromatic heterocycles. The van der Waals surface area contributed by atoms with Crippen LogP contribution in [0.3, 0.4) is 0 Å². The highest BCUT2D eigenvalue weighted by Gasteiger charge is 2.57. The molecule has 5 rings (SSSR count). The Morgan fingerprint density at radius 1 is 1.13 bits per heavy atom. The molecule has 2 aromatic rings. The smallest absolute Gasteiger partial charge is 0.414 e. The second-order valence-corrected chi connectivity index (χ2v) is 11.7. The zero-order valence-corrected chi connectivity index (χ0v) is 22.3. The maximum atomic E-state index is 15.3. The molecule has 2 N–H and O–H groups in total. The number of carboxylic acid groups (broad SMARTS) is 1. The maximum absolute atomic E-state index is 15.3. The van der Waals surface area contributed by atoms with Crippen molar-refractivity contribution in [2.75, 3.05) is 31.1 Å². The van der Waals surface area contributed by atoms with Crippen molar-refractivity contribution in [1.82, 2.24) is 10.2 Å². The molecule has 1 saturated carbocycles. The predicted molar refractivity (Wildman–Crippen MR) is 141 cm³/mol. The molecule has 39 heavy (non-hydrogen) atoms. The van der Waals surface area contributed by atoms with Crippen molar-refractivity contribution >= 4 is 23.8 Å². The Balaban J connectivity index is 1.16. The summed E-state index contributed by atoms with van der Waals surface area (Å²) in [6.45, 7) is 7.24. The van der Waals surface area contributed by atoms with Crippen molar-refractivity contribution in [3.05, 3.63) is 65.5 Å². The molecule has 9 nitrogen and oxygen atoms in total. The van der Waals surface area contributed by atoms with Crippen LogP contribution in [0.4, 0.5) is 19.7 Å². The largest absolute Gasteiger partial charge is 0.465 e. The molecule has 2 heterocycles. The zero-order chi connectivity index (χ0) is 27.9. The van der Waals surface area contributed by atoms with Gasteiger partial charge in [0.15, 0.2) is 0 Å². The van der Waals surface area contributed by atoms with Gasteiger partial charge in [-0.1, -0.05) is 57.2 Å². The minimum absolute atomic E-state index is 0.0209. The first-order valence-corrected chi connectivity index (χ1v) is 13.2. The fraction of sp³-hybridized carbons (Fsp3) is 0.483. The van der Waals surface area contributed by atoms with Gasteiger partial charge in [-0.05, 0) is 46.4 Å². The number of hydrogen-bond donors (Lipinski definition) is 2. The first kappa shape index (κ1) is 26.9. The number of benzene rings is 2. The Morgan fingerprint density at radius 2 is 1.82 bits per heavy atom. The topological polar surface area (TPSA) is 108 Å². The summed E-state index contributed by atoms with van der Waals surface area (Å²) in [5.74, 6) is -0.000888. The van der Waals surface area contributed by atoms with Gasteiger partial charge in [0.2, 0.25) is 5.91 Å². The van der Waals surface area contributed by atoms with E-state index in [2.05, 4.69) is 5.32 Å². The summed E-state index contributed by atoms with van der Waals surface area (Å²) < 4.78 is 26.3. The molecule has 2 aromatic carbocycles. The number of rotatable bonds is 8. The summed E-state index contributed by atoms with van der Waals surface area (Å²) in [4.78, 5) is 39.6. The first-order chi connectivity index (χ1) is 18.5. The van der Waals surface area contributed by atoms with Gasteiger partial charge in [0.05, 0.1) is 24.9 Å². The quantitative estimate of drug-likeness (QED) is 0.520. The van der Waals surface area contributed by atoms with E-state index in [0.717, 1.165) is 5.56 Å². The molecule has 2 saturated heterocycles. The number of cyclic esters (lactones) is 1. The normalized spacial score (nSPS) is 24.8. The third-order valence-electron chi connectivity index (χ3n) is 7.96. The number of fused-ring (bicyclic) bond motifs is 1. The lowest BCUT2D eigenvalue weighted by Crippen LogP contribution is -2.52. The summed E-state index contributed by atoms with van der Waals surface area (Å²) >= 11 is 0. The van der Waals surface area contributed by atoms with Crippen LogP contribution in [0.5, 0.6) is 0 Å². The standard InChI is InChI=1S/C29H34FN3O6/c1-29(2,3)26(31-27(35)36)23-14-33(28(37)39-23)18-9-10-19(22(30)11-18)25-20-12-32(13-21(20)25)24(34)16-38-15-17-7-5-4-6-8-17/h4-11,20-21,23,25-26,31H,12-16H2,1-3H3,(H,35,36)/t20-,21+,23-,25?,26?/m0/s1. The van der Waals surface area contributed by atoms with Crippen LogP contribution in [0.1, 0.15) is 37.8 Å². The lowest BCUT2D eigenvalue weighted by molar-refractivity contribution is -0.136. The summed E-state index contributed by atoms with van der Waals surface area (Å²) in [5.41, 5.74) is 1.47. The molecular weight excluding hydrogens is 505 g/mol. The number of carbonyl (C=O) groups excluding carboxylic acids is 2. The highest BCUT2D eigenvalue weighted by molar-refractivity contribution is 5.90. The van der Waals surface area contributed by atoms with Crippen LogP contribution in [0.25, 0.3) is 0 Å². The minimum atomic E-state index is -1.20. The second kappa shape index (κ2) is 10.5. The van der Waals surface area contributed by atoms with E-state index in [1.54, 1.807) is 17.0 Å². The van der Waals surface area contributed by atoms with E-state index in [4.69, 9.17) is 9.47 Å². The molecule has 0 spiro atoms. The molecule has 2 unspecified atom stereocenters. The Bertz CT molecular complexity index is 1240. The highest BCUT2D eigenvalue weighted by atomic mass is 19.1. The number of ether oxygens (including phenoxy) is 2. The van der Waals surface area contributed by atoms with Gasteiger partial charge in [-0.15, -0.1) is 0 Å². The van der Waals surface area contributed by atoms with Crippen LogP contribution < -0.4 is 10.2 Å². The number of piperidine rings is 1. The van der Waals surface area contributed by atoms with E-state index in [1.165, 1.54) is 11.0 Å². The molecule has 0 radical (unpaired) electrons. The third kappa shape index (κ3) is 5.71. The fourth-order valence-electron chi connectivity index (χ4n) is 5.94. The van der Waals surface area contributed by atoms with E-state index in [0.29, 0.717) is 30.9 Å². The molecule has 3 aliphatic rings. The number of hydrogen-bond acceptors (Lipinski definition) is 5. The molecule has 3 amide bonds. The molecule has 1 aliphatic carbocycles. The fourth-order valence-corrected chi connectivity index (χ4v) is 5.94. The average molecular weight is 540 g/mol. The monoisotopic (exact) mass is 539 g/mol. The van der Waals surface area contributed by atoms with Crippen molar-refractivity contribution in [3.63, 3.8) is 0 Å². The molecule has 0 bridgehead atoms. The van der Waals surface area contributed by atoms with Crippen LogP contribution in [-0.2, 0) is 20.9 Å². The van der Waals surface area contributed by atoms with Gasteiger partial charge in [0.25, 0.3) is 0 Å². The van der Waals surface area contributed by atoms with Crippen LogP contribution in [0.15, 0.2) is 48.5 Å². The van der Waals surface area contributed by atoms with E-state index in [-0.39, 0.29) is 36.8 Å². The van der Waals surface area contributed by atoms with Crippen LogP contribution in [0, 0.1) is 23.1 Å². The van der Waals surface area contributed by atoms with Gasteiger partial charge < -0.3 is 24.8 Å². The van der Waals surface area contributed by atoms with Crippen molar-refractivity contribution in [1.29, 1.82) is 0 Å². The lowest BCUT2D eigenvalue weighted by atomic mass is 9.83. The number of anilines is 1. The second-order valence-electron chi connectivity index (χ2n) is 11.7. The number of nitrogens with one attached hydrogen (secondary N) is 1. The van der Waals surface area contributed by atoms with Crippen molar-refractivity contribution in [2.45, 2.75) is 45.4 Å². The lowest BCUT2D eigenvalue weighted by Gasteiger charge is -2.33. The van der Waals surface area contributed by atoms with Crippen LogP contribution >= 0.6 is 0 Å². The van der Waals surface area contributed by atoms with Gasteiger partial charge in [-0.25, -0.2) is 14.0 Å². The Labute approximate surface area is 226 Å². The molecule has 5 atom stereocenters. The van der Waals surface area contributed by atoms with Crippen molar-refractivity contribution in [2.24, 2.45) is 17.3 Å². The van der Waals surface area contributed by atoms with Gasteiger partial charge in [-0.3, -0.25) is 9.69 Å². The molecule has 3 fully saturated rings. The van der Waals surface area contributed by atoms with Gasteiger partial charge in [0.1, 0.15) is 18.5 Å². The molecular formula is C29H34FN3O6. The minimum Gasteiger partial charge on any atom is -0.465 e.